The minimum absolute atomic E-state index is 0.0390. The lowest BCUT2D eigenvalue weighted by molar-refractivity contribution is -0.115. The van der Waals surface area contributed by atoms with Crippen molar-refractivity contribution in [2.75, 3.05) is 5.32 Å². The molecule has 0 bridgehead atoms. The van der Waals surface area contributed by atoms with E-state index in [9.17, 15) is 13.6 Å². The Hall–Kier alpha value is -2.41. The highest BCUT2D eigenvalue weighted by molar-refractivity contribution is 8.00. The number of thioether (sulfide) groups is 1. The summed E-state index contributed by atoms with van der Waals surface area (Å²) in [6, 6.07) is 10.8. The lowest BCUT2D eigenvalue weighted by Gasteiger charge is -2.13. The maximum atomic E-state index is 13.7. The second kappa shape index (κ2) is 7.23. The average molecular weight is 361 g/mol. The Kier molecular flexibility index (Phi) is 5.03. The SMILES string of the molecule is CCn1c(SC(C)C(=O)Nc2ccc(F)cc2F)nc2ccccc21. The number of nitrogens with zero attached hydrogens (tertiary/aromatic N) is 2. The van der Waals surface area contributed by atoms with Crippen LogP contribution in [-0.2, 0) is 11.3 Å². The van der Waals surface area contributed by atoms with Crippen LogP contribution in [0.2, 0.25) is 0 Å². The van der Waals surface area contributed by atoms with E-state index in [1.165, 1.54) is 17.8 Å². The van der Waals surface area contributed by atoms with E-state index in [2.05, 4.69) is 10.3 Å². The van der Waals surface area contributed by atoms with Crippen molar-refractivity contribution in [3.05, 3.63) is 54.1 Å². The molecule has 1 atom stereocenters. The maximum Gasteiger partial charge on any atom is 0.237 e. The van der Waals surface area contributed by atoms with Gasteiger partial charge in [0, 0.05) is 12.6 Å². The van der Waals surface area contributed by atoms with Gasteiger partial charge in [0.25, 0.3) is 0 Å². The van der Waals surface area contributed by atoms with Crippen LogP contribution in [0, 0.1) is 11.6 Å². The molecule has 0 saturated heterocycles. The van der Waals surface area contributed by atoms with Gasteiger partial charge in [0.05, 0.1) is 22.0 Å². The van der Waals surface area contributed by atoms with Crippen LogP contribution in [0.1, 0.15) is 13.8 Å². The Morgan fingerprint density at radius 2 is 2.04 bits per heavy atom. The Labute approximate surface area is 148 Å². The van der Waals surface area contributed by atoms with E-state index >= 15 is 0 Å². The van der Waals surface area contributed by atoms with Crippen LogP contribution in [0.15, 0.2) is 47.6 Å². The normalized spacial score (nSPS) is 12.3. The average Bonchev–Trinajstić information content (AvgIpc) is 2.94. The van der Waals surface area contributed by atoms with Crippen LogP contribution in [0.5, 0.6) is 0 Å². The molecule has 2 aromatic carbocycles. The van der Waals surface area contributed by atoms with E-state index in [0.717, 1.165) is 34.9 Å². The van der Waals surface area contributed by atoms with Crippen LogP contribution in [0.25, 0.3) is 11.0 Å². The fourth-order valence-corrected chi connectivity index (χ4v) is 3.47. The number of anilines is 1. The number of para-hydroxylation sites is 2. The van der Waals surface area contributed by atoms with Gasteiger partial charge in [-0.15, -0.1) is 0 Å². The third-order valence-corrected chi connectivity index (χ3v) is 4.87. The molecule has 4 nitrogen and oxygen atoms in total. The summed E-state index contributed by atoms with van der Waals surface area (Å²) in [5, 5.41) is 2.72. The van der Waals surface area contributed by atoms with E-state index < -0.39 is 16.9 Å². The number of fused-ring (bicyclic) bond motifs is 1. The molecule has 0 fully saturated rings. The summed E-state index contributed by atoms with van der Waals surface area (Å²) in [5.74, 6) is -1.86. The molecule has 0 aliphatic heterocycles. The molecule has 1 amide bonds. The Morgan fingerprint density at radius 3 is 2.76 bits per heavy atom. The zero-order valence-electron chi connectivity index (χ0n) is 13.8. The third-order valence-electron chi connectivity index (χ3n) is 3.78. The minimum Gasteiger partial charge on any atom is -0.323 e. The number of aromatic nitrogens is 2. The highest BCUT2D eigenvalue weighted by Gasteiger charge is 2.20. The van der Waals surface area contributed by atoms with Crippen LogP contribution < -0.4 is 5.32 Å². The molecule has 25 heavy (non-hydrogen) atoms. The number of nitrogens with one attached hydrogen (secondary N) is 1. The second-order valence-electron chi connectivity index (χ2n) is 5.50. The van der Waals surface area contributed by atoms with Crippen LogP contribution in [0.4, 0.5) is 14.5 Å². The van der Waals surface area contributed by atoms with Crippen molar-refractivity contribution in [3.8, 4) is 0 Å². The first-order chi connectivity index (χ1) is 12.0. The molecule has 0 spiro atoms. The molecule has 0 aliphatic carbocycles. The Balaban J connectivity index is 1.77. The van der Waals surface area contributed by atoms with E-state index in [4.69, 9.17) is 0 Å². The summed E-state index contributed by atoms with van der Waals surface area (Å²) in [6.07, 6.45) is 0. The molecule has 1 aromatic heterocycles. The van der Waals surface area contributed by atoms with Gasteiger partial charge in [-0.25, -0.2) is 13.8 Å². The molecular formula is C18H17F2N3OS. The molecule has 3 aromatic rings. The van der Waals surface area contributed by atoms with Crippen molar-refractivity contribution in [2.24, 2.45) is 0 Å². The number of hydrogen-bond acceptors (Lipinski definition) is 3. The molecule has 1 heterocycles. The smallest absolute Gasteiger partial charge is 0.237 e. The number of aryl methyl sites for hydroxylation is 1. The van der Waals surface area contributed by atoms with Crippen molar-refractivity contribution < 1.29 is 13.6 Å². The summed E-state index contributed by atoms with van der Waals surface area (Å²) >= 11 is 1.30. The summed E-state index contributed by atoms with van der Waals surface area (Å²) in [7, 11) is 0. The Morgan fingerprint density at radius 1 is 1.28 bits per heavy atom. The standard InChI is InChI=1S/C18H17F2N3OS/c1-3-23-16-7-5-4-6-15(16)22-18(23)25-11(2)17(24)21-14-9-8-12(19)10-13(14)20/h4-11H,3H2,1-2H3,(H,21,24). The molecule has 0 saturated carbocycles. The topological polar surface area (TPSA) is 46.9 Å². The molecular weight excluding hydrogens is 344 g/mol. The van der Waals surface area contributed by atoms with Gasteiger partial charge >= 0.3 is 0 Å². The zero-order valence-corrected chi connectivity index (χ0v) is 14.6. The van der Waals surface area contributed by atoms with Gasteiger partial charge in [-0.3, -0.25) is 4.79 Å². The van der Waals surface area contributed by atoms with Crippen molar-refractivity contribution in [2.45, 2.75) is 30.8 Å². The van der Waals surface area contributed by atoms with E-state index in [1.807, 2.05) is 35.8 Å². The largest absolute Gasteiger partial charge is 0.323 e. The summed E-state index contributed by atoms with van der Waals surface area (Å²) < 4.78 is 28.7. The molecule has 0 radical (unpaired) electrons. The quantitative estimate of drug-likeness (QED) is 0.683. The second-order valence-corrected chi connectivity index (χ2v) is 6.81. The van der Waals surface area contributed by atoms with Crippen LogP contribution >= 0.6 is 11.8 Å². The highest BCUT2D eigenvalue weighted by atomic mass is 32.2. The number of amides is 1. The number of hydrogen-bond donors (Lipinski definition) is 1. The lowest BCUT2D eigenvalue weighted by atomic mass is 10.3. The van der Waals surface area contributed by atoms with Gasteiger partial charge in [-0.05, 0) is 38.1 Å². The van der Waals surface area contributed by atoms with Gasteiger partial charge in [-0.1, -0.05) is 23.9 Å². The number of imidazole rings is 1. The fraction of sp³-hybridized carbons (Fsp3) is 0.222. The molecule has 1 N–H and O–H groups in total. The first-order valence-corrected chi connectivity index (χ1v) is 8.75. The molecule has 130 valence electrons. The van der Waals surface area contributed by atoms with Crippen molar-refractivity contribution >= 4 is 34.4 Å². The van der Waals surface area contributed by atoms with Gasteiger partial charge in [0.15, 0.2) is 5.16 Å². The Bertz CT molecular complexity index is 926. The summed E-state index contributed by atoms with van der Waals surface area (Å²) in [6.45, 7) is 4.46. The molecule has 7 heteroatoms. The van der Waals surface area contributed by atoms with E-state index in [-0.39, 0.29) is 11.6 Å². The molecule has 0 aliphatic rings. The number of benzene rings is 2. The number of rotatable bonds is 5. The summed E-state index contributed by atoms with van der Waals surface area (Å²) in [5.41, 5.74) is 1.83. The number of carbonyl (C=O) groups excluding carboxylic acids is 1. The van der Waals surface area contributed by atoms with E-state index in [1.54, 1.807) is 6.92 Å². The predicted octanol–water partition coefficient (Wildman–Crippen LogP) is 4.45. The van der Waals surface area contributed by atoms with Crippen LogP contribution in [-0.4, -0.2) is 20.7 Å². The fourth-order valence-electron chi connectivity index (χ4n) is 2.49. The zero-order chi connectivity index (χ0) is 18.0. The van der Waals surface area contributed by atoms with Gasteiger partial charge < -0.3 is 9.88 Å². The van der Waals surface area contributed by atoms with Crippen molar-refractivity contribution in [1.29, 1.82) is 0 Å². The van der Waals surface area contributed by atoms with Crippen LogP contribution in [0.3, 0.4) is 0 Å². The first kappa shape index (κ1) is 17.4. The number of carbonyl (C=O) groups is 1. The predicted molar refractivity (Wildman–Crippen MR) is 95.7 cm³/mol. The van der Waals surface area contributed by atoms with Gasteiger partial charge in [0.1, 0.15) is 11.6 Å². The molecule has 1 unspecified atom stereocenters. The summed E-state index contributed by atoms with van der Waals surface area (Å²) in [4.78, 5) is 16.9. The van der Waals surface area contributed by atoms with Crippen molar-refractivity contribution in [1.82, 2.24) is 9.55 Å². The first-order valence-electron chi connectivity index (χ1n) is 7.87. The number of halogens is 2. The van der Waals surface area contributed by atoms with Crippen molar-refractivity contribution in [3.63, 3.8) is 0 Å². The monoisotopic (exact) mass is 361 g/mol. The van der Waals surface area contributed by atoms with E-state index in [0.29, 0.717) is 0 Å². The van der Waals surface area contributed by atoms with Gasteiger partial charge in [-0.2, -0.15) is 0 Å². The molecule has 3 rings (SSSR count). The highest BCUT2D eigenvalue weighted by Crippen LogP contribution is 2.28. The third kappa shape index (κ3) is 3.66. The van der Waals surface area contributed by atoms with Gasteiger partial charge in [0.2, 0.25) is 5.91 Å². The lowest BCUT2D eigenvalue weighted by Crippen LogP contribution is -2.23. The maximum absolute atomic E-state index is 13.7. The minimum atomic E-state index is -0.800.